The second-order valence-corrected chi connectivity index (χ2v) is 13.7. The zero-order valence-corrected chi connectivity index (χ0v) is 15.6. The summed E-state index contributed by atoms with van der Waals surface area (Å²) in [6.07, 6.45) is 0. The zero-order chi connectivity index (χ0) is 16.5. The van der Waals surface area contributed by atoms with Crippen LogP contribution in [0.5, 0.6) is 0 Å². The second-order valence-electron chi connectivity index (χ2n) is 5.81. The van der Waals surface area contributed by atoms with Gasteiger partial charge in [0, 0.05) is 0 Å². The predicted molar refractivity (Wildman–Crippen MR) is 106 cm³/mol. The molecule has 3 rings (SSSR count). The molecule has 118 valence electrons. The fraction of sp³-hybridized carbons (Fsp3) is 0.100. The van der Waals surface area contributed by atoms with E-state index < -0.39 is 5.31 Å². The Morgan fingerprint density at radius 2 is 0.957 bits per heavy atom. The summed E-state index contributed by atoms with van der Waals surface area (Å²) in [5, 5.41) is -0.516. The summed E-state index contributed by atoms with van der Waals surface area (Å²) in [7, 11) is 0. The summed E-state index contributed by atoms with van der Waals surface area (Å²) < 4.78 is 0. The SMILES string of the molecule is Cc1ccccc1P(Cl)(Cl)(c1ccccc1)c1ccccc1C. The Labute approximate surface area is 147 Å². The summed E-state index contributed by atoms with van der Waals surface area (Å²) >= 11 is 15.0. The molecule has 3 heteroatoms. The van der Waals surface area contributed by atoms with E-state index in [2.05, 4.69) is 38.1 Å². The van der Waals surface area contributed by atoms with Crippen molar-refractivity contribution >= 4 is 43.7 Å². The van der Waals surface area contributed by atoms with Crippen molar-refractivity contribution in [1.82, 2.24) is 0 Å². The maximum absolute atomic E-state index is 7.48. The second kappa shape index (κ2) is 5.95. The van der Waals surface area contributed by atoms with Crippen LogP contribution in [0.3, 0.4) is 0 Å². The Bertz CT molecular complexity index is 792. The third-order valence-corrected chi connectivity index (χ3v) is 11.5. The van der Waals surface area contributed by atoms with Crippen LogP contribution in [-0.4, -0.2) is 0 Å². The Kier molecular flexibility index (Phi) is 4.27. The molecular weight excluding hydrogens is 342 g/mol. The van der Waals surface area contributed by atoms with Crippen molar-refractivity contribution in [2.75, 3.05) is 0 Å². The number of benzene rings is 3. The van der Waals surface area contributed by atoms with Crippen LogP contribution in [0.15, 0.2) is 78.9 Å². The fourth-order valence-electron chi connectivity index (χ4n) is 3.11. The molecule has 0 amide bonds. The number of hydrogen-bond acceptors (Lipinski definition) is 0. The minimum absolute atomic E-state index is 0.977. The molecule has 0 N–H and O–H groups in total. The summed E-state index contributed by atoms with van der Waals surface area (Å²) in [6.45, 7) is 4.14. The van der Waals surface area contributed by atoms with Crippen molar-refractivity contribution < 1.29 is 0 Å². The van der Waals surface area contributed by atoms with E-state index in [-0.39, 0.29) is 0 Å². The molecule has 3 aromatic carbocycles. The van der Waals surface area contributed by atoms with E-state index in [1.54, 1.807) is 0 Å². The average Bonchev–Trinajstić information content (AvgIpc) is 2.56. The molecule has 0 radical (unpaired) electrons. The quantitative estimate of drug-likeness (QED) is 0.545. The van der Waals surface area contributed by atoms with Crippen molar-refractivity contribution in [1.29, 1.82) is 0 Å². The molecule has 0 nitrogen and oxygen atoms in total. The number of hydrogen-bond donors (Lipinski definition) is 0. The van der Waals surface area contributed by atoms with Crippen LogP contribution in [-0.2, 0) is 0 Å². The fourth-order valence-corrected chi connectivity index (χ4v) is 9.65. The van der Waals surface area contributed by atoms with E-state index in [1.165, 1.54) is 0 Å². The molecule has 0 bridgehead atoms. The number of aryl methyl sites for hydroxylation is 2. The normalized spacial score (nSPS) is 13.3. The van der Waals surface area contributed by atoms with Crippen LogP contribution in [0.2, 0.25) is 0 Å². The first-order valence-corrected chi connectivity index (χ1v) is 11.6. The van der Waals surface area contributed by atoms with Crippen molar-refractivity contribution in [3.63, 3.8) is 0 Å². The monoisotopic (exact) mass is 360 g/mol. The van der Waals surface area contributed by atoms with Crippen molar-refractivity contribution in [3.05, 3.63) is 90.0 Å². The Balaban J connectivity index is 2.45. The Hall–Kier alpha value is -1.33. The van der Waals surface area contributed by atoms with Gasteiger partial charge in [-0.05, 0) is 0 Å². The molecule has 0 atom stereocenters. The maximum atomic E-state index is 7.48. The molecular formula is C20H19Cl2P. The molecule has 0 unspecified atom stereocenters. The first-order chi connectivity index (χ1) is 10.9. The molecule has 0 spiro atoms. The van der Waals surface area contributed by atoms with Gasteiger partial charge < -0.3 is 0 Å². The third-order valence-electron chi connectivity index (χ3n) is 4.29. The van der Waals surface area contributed by atoms with E-state index in [1.807, 2.05) is 54.6 Å². The molecule has 0 saturated heterocycles. The van der Waals surface area contributed by atoms with Crippen molar-refractivity contribution in [2.24, 2.45) is 0 Å². The standard InChI is InChI=1S/C20H19Cl2P/c1-16-10-6-8-14-19(16)23(21,22,18-12-4-3-5-13-18)20-15-9-7-11-17(20)2/h3-15H,1-2H3. The summed E-state index contributed by atoms with van der Waals surface area (Å²) in [5.41, 5.74) is 2.23. The van der Waals surface area contributed by atoms with E-state index in [4.69, 9.17) is 22.5 Å². The van der Waals surface area contributed by atoms with E-state index in [0.717, 1.165) is 27.0 Å². The number of halogens is 2. The van der Waals surface area contributed by atoms with Gasteiger partial charge >= 0.3 is 148 Å². The van der Waals surface area contributed by atoms with Crippen LogP contribution >= 0.6 is 27.8 Å². The van der Waals surface area contributed by atoms with Gasteiger partial charge in [0.2, 0.25) is 0 Å². The Morgan fingerprint density at radius 3 is 1.39 bits per heavy atom. The van der Waals surface area contributed by atoms with E-state index in [0.29, 0.717) is 0 Å². The molecule has 0 aliphatic heterocycles. The van der Waals surface area contributed by atoms with Gasteiger partial charge in [-0.1, -0.05) is 0 Å². The van der Waals surface area contributed by atoms with Gasteiger partial charge in [-0.15, -0.1) is 0 Å². The molecule has 23 heavy (non-hydrogen) atoms. The van der Waals surface area contributed by atoms with E-state index >= 15 is 0 Å². The van der Waals surface area contributed by atoms with Gasteiger partial charge in [0.15, 0.2) is 0 Å². The molecule has 0 aromatic heterocycles. The molecule has 0 aliphatic rings. The molecule has 3 aromatic rings. The first-order valence-electron chi connectivity index (χ1n) is 7.57. The van der Waals surface area contributed by atoms with Gasteiger partial charge in [-0.25, -0.2) is 0 Å². The molecule has 0 aliphatic carbocycles. The predicted octanol–water partition coefficient (Wildman–Crippen LogP) is 5.44. The topological polar surface area (TPSA) is 0 Å². The Morgan fingerprint density at radius 1 is 0.565 bits per heavy atom. The summed E-state index contributed by atoms with van der Waals surface area (Å²) in [5.74, 6) is 0. The van der Waals surface area contributed by atoms with Gasteiger partial charge in [0.1, 0.15) is 0 Å². The molecule has 0 saturated carbocycles. The van der Waals surface area contributed by atoms with Gasteiger partial charge in [0.25, 0.3) is 0 Å². The third kappa shape index (κ3) is 2.60. The average molecular weight is 361 g/mol. The van der Waals surface area contributed by atoms with Crippen LogP contribution in [0, 0.1) is 13.8 Å². The summed E-state index contributed by atoms with van der Waals surface area (Å²) in [6, 6.07) is 26.4. The minimum atomic E-state index is -3.53. The summed E-state index contributed by atoms with van der Waals surface area (Å²) in [4.78, 5) is 0. The van der Waals surface area contributed by atoms with Gasteiger partial charge in [-0.3, -0.25) is 0 Å². The van der Waals surface area contributed by atoms with Crippen molar-refractivity contribution in [2.45, 2.75) is 13.8 Å². The van der Waals surface area contributed by atoms with E-state index in [9.17, 15) is 0 Å². The van der Waals surface area contributed by atoms with Crippen LogP contribution < -0.4 is 15.9 Å². The molecule has 0 fully saturated rings. The number of rotatable bonds is 3. The van der Waals surface area contributed by atoms with Crippen LogP contribution in [0.1, 0.15) is 11.1 Å². The first kappa shape index (κ1) is 16.5. The molecule has 0 heterocycles. The van der Waals surface area contributed by atoms with Gasteiger partial charge in [-0.2, -0.15) is 0 Å². The van der Waals surface area contributed by atoms with Crippen molar-refractivity contribution in [3.8, 4) is 0 Å². The van der Waals surface area contributed by atoms with Crippen LogP contribution in [0.25, 0.3) is 0 Å². The van der Waals surface area contributed by atoms with Gasteiger partial charge in [0.05, 0.1) is 0 Å². The zero-order valence-electron chi connectivity index (χ0n) is 13.2. The van der Waals surface area contributed by atoms with Crippen LogP contribution in [0.4, 0.5) is 0 Å².